The van der Waals surface area contributed by atoms with Gasteiger partial charge in [0.1, 0.15) is 0 Å². The van der Waals surface area contributed by atoms with E-state index >= 15 is 0 Å². The molecule has 0 radical (unpaired) electrons. The number of nitrogen functional groups attached to an aromatic ring is 1. The van der Waals surface area contributed by atoms with Crippen LogP contribution in [0.15, 0.2) is 46.9 Å². The lowest BCUT2D eigenvalue weighted by Crippen LogP contribution is -2.32. The Kier molecular flexibility index (Phi) is 3.29. The fourth-order valence-corrected chi connectivity index (χ4v) is 2.84. The molecule has 2 aromatic rings. The maximum absolute atomic E-state index is 12.5. The minimum absolute atomic E-state index is 0.294. The second kappa shape index (κ2) is 5.00. The molecule has 3 rings (SSSR count). The van der Waals surface area contributed by atoms with Crippen LogP contribution in [-0.4, -0.2) is 16.7 Å². The van der Waals surface area contributed by atoms with Crippen LogP contribution in [0.25, 0.3) is 0 Å². The highest BCUT2D eigenvalue weighted by atomic mass is 79.9. The second-order valence-corrected chi connectivity index (χ2v) is 5.89. The van der Waals surface area contributed by atoms with E-state index in [2.05, 4.69) is 15.9 Å². The largest absolute Gasteiger partial charge is 0.398 e. The number of halogens is 1. The van der Waals surface area contributed by atoms with E-state index in [0.717, 1.165) is 10.0 Å². The SMILES string of the molecule is CC(c1ccc(Br)cc1)N1C(=O)c2cccc(N)c2C1=O. The molecule has 0 saturated heterocycles. The summed E-state index contributed by atoms with van der Waals surface area (Å²) in [5.74, 6) is -0.624. The Morgan fingerprint density at radius 3 is 2.33 bits per heavy atom. The van der Waals surface area contributed by atoms with Crippen LogP contribution in [0, 0.1) is 0 Å². The molecule has 0 spiro atoms. The third-order valence-corrected chi connectivity index (χ3v) is 4.25. The number of anilines is 1. The summed E-state index contributed by atoms with van der Waals surface area (Å²) in [6, 6.07) is 12.2. The Labute approximate surface area is 130 Å². The number of rotatable bonds is 2. The first-order valence-corrected chi connectivity index (χ1v) is 7.32. The highest BCUT2D eigenvalue weighted by Crippen LogP contribution is 2.34. The lowest BCUT2D eigenvalue weighted by atomic mass is 10.1. The predicted molar refractivity (Wildman–Crippen MR) is 83.9 cm³/mol. The number of carbonyl (C=O) groups is 2. The smallest absolute Gasteiger partial charge is 0.264 e. The van der Waals surface area contributed by atoms with Crippen molar-refractivity contribution in [2.45, 2.75) is 13.0 Å². The molecule has 21 heavy (non-hydrogen) atoms. The van der Waals surface area contributed by atoms with Crippen LogP contribution in [0.2, 0.25) is 0 Å². The monoisotopic (exact) mass is 344 g/mol. The molecule has 1 heterocycles. The fourth-order valence-electron chi connectivity index (χ4n) is 2.57. The zero-order valence-electron chi connectivity index (χ0n) is 11.3. The minimum atomic E-state index is -0.343. The van der Waals surface area contributed by atoms with E-state index in [1.165, 1.54) is 4.90 Å². The summed E-state index contributed by atoms with van der Waals surface area (Å²) < 4.78 is 0.949. The van der Waals surface area contributed by atoms with E-state index in [4.69, 9.17) is 5.73 Å². The predicted octanol–water partition coefficient (Wildman–Crippen LogP) is 3.39. The fraction of sp³-hybridized carbons (Fsp3) is 0.125. The summed E-state index contributed by atoms with van der Waals surface area (Å²) in [6.07, 6.45) is 0. The lowest BCUT2D eigenvalue weighted by molar-refractivity contribution is 0.0595. The normalized spacial score (nSPS) is 15.2. The third kappa shape index (κ3) is 2.14. The molecule has 2 amide bonds. The van der Waals surface area contributed by atoms with Crippen molar-refractivity contribution in [3.05, 3.63) is 63.6 Å². The van der Waals surface area contributed by atoms with Gasteiger partial charge in [-0.15, -0.1) is 0 Å². The van der Waals surface area contributed by atoms with Crippen LogP contribution in [-0.2, 0) is 0 Å². The zero-order chi connectivity index (χ0) is 15.1. The molecule has 0 fully saturated rings. The van der Waals surface area contributed by atoms with Gasteiger partial charge in [-0.25, -0.2) is 0 Å². The van der Waals surface area contributed by atoms with Gasteiger partial charge in [0.15, 0.2) is 0 Å². The molecule has 106 valence electrons. The van der Waals surface area contributed by atoms with Crippen molar-refractivity contribution in [3.8, 4) is 0 Å². The Morgan fingerprint density at radius 2 is 1.71 bits per heavy atom. The molecule has 0 aromatic heterocycles. The summed E-state index contributed by atoms with van der Waals surface area (Å²) >= 11 is 3.37. The van der Waals surface area contributed by atoms with E-state index in [1.807, 2.05) is 31.2 Å². The average molecular weight is 345 g/mol. The molecule has 2 N–H and O–H groups in total. The van der Waals surface area contributed by atoms with Gasteiger partial charge in [0.2, 0.25) is 0 Å². The van der Waals surface area contributed by atoms with Gasteiger partial charge < -0.3 is 5.73 Å². The number of benzene rings is 2. The number of amides is 2. The summed E-state index contributed by atoms with van der Waals surface area (Å²) in [4.78, 5) is 26.3. The van der Waals surface area contributed by atoms with Crippen LogP contribution >= 0.6 is 15.9 Å². The maximum Gasteiger partial charge on any atom is 0.264 e. The molecule has 4 nitrogen and oxygen atoms in total. The molecule has 1 aliphatic heterocycles. The topological polar surface area (TPSA) is 63.4 Å². The van der Waals surface area contributed by atoms with Crippen LogP contribution in [0.5, 0.6) is 0 Å². The van der Waals surface area contributed by atoms with Gasteiger partial charge in [-0.1, -0.05) is 34.1 Å². The highest BCUT2D eigenvalue weighted by molar-refractivity contribution is 9.10. The molecule has 1 aliphatic rings. The summed E-state index contributed by atoms with van der Waals surface area (Å²) in [7, 11) is 0. The number of imide groups is 1. The molecule has 2 aromatic carbocycles. The molecule has 1 unspecified atom stereocenters. The van der Waals surface area contributed by atoms with Crippen LogP contribution < -0.4 is 5.73 Å². The summed E-state index contributed by atoms with van der Waals surface area (Å²) in [6.45, 7) is 1.83. The van der Waals surface area contributed by atoms with Gasteiger partial charge in [-0.3, -0.25) is 14.5 Å². The first kappa shape index (κ1) is 13.8. The first-order chi connectivity index (χ1) is 10.0. The molecule has 0 bridgehead atoms. The number of nitrogens with zero attached hydrogens (tertiary/aromatic N) is 1. The third-order valence-electron chi connectivity index (χ3n) is 3.72. The van der Waals surface area contributed by atoms with E-state index in [9.17, 15) is 9.59 Å². The number of carbonyl (C=O) groups excluding carboxylic acids is 2. The highest BCUT2D eigenvalue weighted by Gasteiger charge is 2.40. The molecule has 1 atom stereocenters. The Morgan fingerprint density at radius 1 is 1.05 bits per heavy atom. The van der Waals surface area contributed by atoms with Gasteiger partial charge >= 0.3 is 0 Å². The average Bonchev–Trinajstić information content (AvgIpc) is 2.72. The molecular weight excluding hydrogens is 332 g/mol. The van der Waals surface area contributed by atoms with Gasteiger partial charge in [0, 0.05) is 10.2 Å². The standard InChI is InChI=1S/C16H13BrN2O2/c1-9(10-5-7-11(17)8-6-10)19-15(20)12-3-2-4-13(18)14(12)16(19)21/h2-9H,18H2,1H3. The molecular formula is C16H13BrN2O2. The second-order valence-electron chi connectivity index (χ2n) is 4.98. The molecule has 0 aliphatic carbocycles. The van der Waals surface area contributed by atoms with Crippen molar-refractivity contribution in [3.63, 3.8) is 0 Å². The van der Waals surface area contributed by atoms with E-state index in [1.54, 1.807) is 18.2 Å². The van der Waals surface area contributed by atoms with Crippen molar-refractivity contribution < 1.29 is 9.59 Å². The van der Waals surface area contributed by atoms with Gasteiger partial charge in [0.05, 0.1) is 17.2 Å². The van der Waals surface area contributed by atoms with Gasteiger partial charge in [-0.2, -0.15) is 0 Å². The number of fused-ring (bicyclic) bond motifs is 1. The van der Waals surface area contributed by atoms with Crippen LogP contribution in [0.1, 0.15) is 39.2 Å². The van der Waals surface area contributed by atoms with E-state index < -0.39 is 0 Å². The van der Waals surface area contributed by atoms with Crippen molar-refractivity contribution in [2.24, 2.45) is 0 Å². The van der Waals surface area contributed by atoms with Crippen molar-refractivity contribution in [1.29, 1.82) is 0 Å². The van der Waals surface area contributed by atoms with E-state index in [-0.39, 0.29) is 17.9 Å². The van der Waals surface area contributed by atoms with Crippen molar-refractivity contribution >= 4 is 33.4 Å². The van der Waals surface area contributed by atoms with Crippen molar-refractivity contribution in [2.75, 3.05) is 5.73 Å². The number of hydrogen-bond acceptors (Lipinski definition) is 3. The number of nitrogens with two attached hydrogens (primary N) is 1. The van der Waals surface area contributed by atoms with Gasteiger partial charge in [0.25, 0.3) is 11.8 Å². The minimum Gasteiger partial charge on any atom is -0.398 e. The molecule has 5 heteroatoms. The Bertz CT molecular complexity index is 740. The summed E-state index contributed by atoms with van der Waals surface area (Å²) in [5.41, 5.74) is 7.77. The van der Waals surface area contributed by atoms with E-state index in [0.29, 0.717) is 16.8 Å². The summed E-state index contributed by atoms with van der Waals surface area (Å²) in [5, 5.41) is 0. The quantitative estimate of drug-likeness (QED) is 0.670. The zero-order valence-corrected chi connectivity index (χ0v) is 12.9. The Balaban J connectivity index is 2.02. The van der Waals surface area contributed by atoms with Gasteiger partial charge in [-0.05, 0) is 36.8 Å². The van der Waals surface area contributed by atoms with Crippen LogP contribution in [0.3, 0.4) is 0 Å². The lowest BCUT2D eigenvalue weighted by Gasteiger charge is -2.23. The maximum atomic E-state index is 12.5. The first-order valence-electron chi connectivity index (χ1n) is 6.52. The van der Waals surface area contributed by atoms with Crippen LogP contribution in [0.4, 0.5) is 5.69 Å². The van der Waals surface area contributed by atoms with Crippen molar-refractivity contribution in [1.82, 2.24) is 4.90 Å². The Hall–Kier alpha value is -2.14. The number of hydrogen-bond donors (Lipinski definition) is 1. The molecule has 0 saturated carbocycles.